The lowest BCUT2D eigenvalue weighted by Crippen LogP contribution is -2.32. The van der Waals surface area contributed by atoms with E-state index in [1.165, 1.54) is 6.08 Å². The Bertz CT molecular complexity index is 531. The van der Waals surface area contributed by atoms with Crippen molar-refractivity contribution in [3.05, 3.63) is 35.9 Å². The summed E-state index contributed by atoms with van der Waals surface area (Å²) < 4.78 is 0. The van der Waals surface area contributed by atoms with Gasteiger partial charge in [-0.05, 0) is 42.0 Å². The van der Waals surface area contributed by atoms with E-state index in [4.69, 9.17) is 5.11 Å². The third-order valence-electron chi connectivity index (χ3n) is 3.37. The van der Waals surface area contributed by atoms with Gasteiger partial charge in [0.1, 0.15) is 0 Å². The van der Waals surface area contributed by atoms with Crippen LogP contribution in [0.3, 0.4) is 0 Å². The van der Waals surface area contributed by atoms with Crippen molar-refractivity contribution in [1.29, 1.82) is 0 Å². The number of anilines is 1. The predicted molar refractivity (Wildman–Crippen MR) is 77.5 cm³/mol. The first kappa shape index (κ1) is 14.1. The molecule has 2 amide bonds. The summed E-state index contributed by atoms with van der Waals surface area (Å²) in [5, 5.41) is 14.1. The van der Waals surface area contributed by atoms with Crippen molar-refractivity contribution in [1.82, 2.24) is 5.32 Å². The van der Waals surface area contributed by atoms with Gasteiger partial charge in [0.2, 0.25) is 0 Å². The average molecular weight is 274 g/mol. The van der Waals surface area contributed by atoms with Gasteiger partial charge in [0.25, 0.3) is 0 Å². The van der Waals surface area contributed by atoms with E-state index >= 15 is 0 Å². The largest absolute Gasteiger partial charge is 0.478 e. The molecule has 0 aliphatic heterocycles. The van der Waals surface area contributed by atoms with E-state index in [0.29, 0.717) is 12.2 Å². The number of benzene rings is 1. The second-order valence-corrected chi connectivity index (χ2v) is 5.41. The van der Waals surface area contributed by atoms with Gasteiger partial charge in [-0.25, -0.2) is 9.59 Å². The number of nitrogens with one attached hydrogen (secondary N) is 2. The summed E-state index contributed by atoms with van der Waals surface area (Å²) in [5.74, 6) is -0.986. The van der Waals surface area contributed by atoms with E-state index in [2.05, 4.69) is 17.6 Å². The number of hydrogen-bond acceptors (Lipinski definition) is 2. The summed E-state index contributed by atoms with van der Waals surface area (Å²) in [6, 6.07) is 6.75. The third kappa shape index (κ3) is 4.42. The second-order valence-electron chi connectivity index (χ2n) is 5.41. The van der Waals surface area contributed by atoms with E-state index in [1.807, 2.05) is 0 Å². The summed E-state index contributed by atoms with van der Waals surface area (Å²) in [4.78, 5) is 22.1. The van der Waals surface area contributed by atoms with E-state index in [-0.39, 0.29) is 11.4 Å². The van der Waals surface area contributed by atoms with Crippen LogP contribution in [0, 0.1) is 5.41 Å². The molecule has 1 aliphatic carbocycles. The molecule has 5 heteroatoms. The Hall–Kier alpha value is -2.30. The van der Waals surface area contributed by atoms with Gasteiger partial charge in [-0.1, -0.05) is 19.1 Å². The first-order valence-electron chi connectivity index (χ1n) is 6.53. The van der Waals surface area contributed by atoms with E-state index < -0.39 is 5.97 Å². The first-order valence-corrected chi connectivity index (χ1v) is 6.53. The molecule has 1 saturated carbocycles. The Labute approximate surface area is 117 Å². The van der Waals surface area contributed by atoms with Gasteiger partial charge in [-0.15, -0.1) is 0 Å². The Morgan fingerprint density at radius 2 is 1.95 bits per heavy atom. The number of urea groups is 1. The molecule has 3 N–H and O–H groups in total. The average Bonchev–Trinajstić information content (AvgIpc) is 3.14. The maximum atomic E-state index is 11.7. The Morgan fingerprint density at radius 1 is 1.30 bits per heavy atom. The van der Waals surface area contributed by atoms with Crippen LogP contribution in [0.2, 0.25) is 0 Å². The van der Waals surface area contributed by atoms with Crippen molar-refractivity contribution in [3.8, 4) is 0 Å². The number of aliphatic carboxylic acids is 1. The highest BCUT2D eigenvalue weighted by molar-refractivity contribution is 5.89. The molecule has 0 heterocycles. The van der Waals surface area contributed by atoms with E-state index in [1.54, 1.807) is 24.3 Å². The van der Waals surface area contributed by atoms with Gasteiger partial charge >= 0.3 is 12.0 Å². The Kier molecular flexibility index (Phi) is 4.08. The SMILES string of the molecule is CC1(CNC(=O)Nc2ccc(/C=C/C(=O)O)cc2)CC1. The summed E-state index contributed by atoms with van der Waals surface area (Å²) in [7, 11) is 0. The third-order valence-corrected chi connectivity index (χ3v) is 3.37. The highest BCUT2D eigenvalue weighted by Crippen LogP contribution is 2.43. The minimum atomic E-state index is -0.986. The van der Waals surface area contributed by atoms with Crippen LogP contribution in [-0.4, -0.2) is 23.7 Å². The Morgan fingerprint density at radius 3 is 2.50 bits per heavy atom. The molecule has 20 heavy (non-hydrogen) atoms. The van der Waals surface area contributed by atoms with E-state index in [0.717, 1.165) is 24.5 Å². The van der Waals surface area contributed by atoms with Crippen molar-refractivity contribution in [2.45, 2.75) is 19.8 Å². The molecule has 0 bridgehead atoms. The second kappa shape index (κ2) is 5.77. The number of hydrogen-bond donors (Lipinski definition) is 3. The molecule has 0 unspecified atom stereocenters. The molecule has 0 spiro atoms. The molecule has 0 saturated heterocycles. The minimum absolute atomic E-state index is 0.216. The van der Waals surface area contributed by atoms with Gasteiger partial charge < -0.3 is 15.7 Å². The van der Waals surface area contributed by atoms with Gasteiger partial charge in [0.15, 0.2) is 0 Å². The number of rotatable bonds is 5. The summed E-state index contributed by atoms with van der Waals surface area (Å²) >= 11 is 0. The fourth-order valence-electron chi connectivity index (χ4n) is 1.70. The number of carboxylic acid groups (broad SMARTS) is 1. The van der Waals surface area contributed by atoms with Crippen LogP contribution in [0.25, 0.3) is 6.08 Å². The quantitative estimate of drug-likeness (QED) is 0.722. The molecular weight excluding hydrogens is 256 g/mol. The van der Waals surface area contributed by atoms with Crippen LogP contribution in [-0.2, 0) is 4.79 Å². The van der Waals surface area contributed by atoms with Crippen LogP contribution in [0.15, 0.2) is 30.3 Å². The number of carbonyl (C=O) groups is 2. The zero-order valence-electron chi connectivity index (χ0n) is 11.3. The van der Waals surface area contributed by atoms with Crippen LogP contribution >= 0.6 is 0 Å². The molecule has 5 nitrogen and oxygen atoms in total. The number of amides is 2. The Balaban J connectivity index is 1.83. The summed E-state index contributed by atoms with van der Waals surface area (Å²) in [6.07, 6.45) is 4.90. The maximum Gasteiger partial charge on any atom is 0.328 e. The van der Waals surface area contributed by atoms with Gasteiger partial charge in [-0.2, -0.15) is 0 Å². The summed E-state index contributed by atoms with van der Waals surface area (Å²) in [5.41, 5.74) is 1.72. The molecule has 1 aromatic rings. The monoisotopic (exact) mass is 274 g/mol. The molecular formula is C15H18N2O3. The van der Waals surface area contributed by atoms with Crippen LogP contribution in [0.1, 0.15) is 25.3 Å². The fourth-order valence-corrected chi connectivity index (χ4v) is 1.70. The molecule has 0 atom stereocenters. The molecule has 0 radical (unpaired) electrons. The van der Waals surface area contributed by atoms with Crippen LogP contribution in [0.5, 0.6) is 0 Å². The summed E-state index contributed by atoms with van der Waals surface area (Å²) in [6.45, 7) is 2.84. The predicted octanol–water partition coefficient (Wildman–Crippen LogP) is 2.71. The van der Waals surface area contributed by atoms with Crippen molar-refractivity contribution < 1.29 is 14.7 Å². The maximum absolute atomic E-state index is 11.7. The van der Waals surface area contributed by atoms with Crippen LogP contribution < -0.4 is 10.6 Å². The lowest BCUT2D eigenvalue weighted by atomic mass is 10.1. The number of carbonyl (C=O) groups excluding carboxylic acids is 1. The standard InChI is InChI=1S/C15H18N2O3/c1-15(8-9-15)10-16-14(20)17-12-5-2-11(3-6-12)4-7-13(18)19/h2-7H,8-10H2,1H3,(H,18,19)(H2,16,17,20)/b7-4+. The van der Waals surface area contributed by atoms with Crippen molar-refractivity contribution in [2.24, 2.45) is 5.41 Å². The molecule has 1 aromatic carbocycles. The van der Waals surface area contributed by atoms with Gasteiger partial charge in [0.05, 0.1) is 0 Å². The topological polar surface area (TPSA) is 78.4 Å². The highest BCUT2D eigenvalue weighted by Gasteiger charge is 2.37. The highest BCUT2D eigenvalue weighted by atomic mass is 16.4. The van der Waals surface area contributed by atoms with Crippen molar-refractivity contribution >= 4 is 23.8 Å². The first-order chi connectivity index (χ1) is 9.47. The van der Waals surface area contributed by atoms with Gasteiger partial charge in [-0.3, -0.25) is 0 Å². The van der Waals surface area contributed by atoms with Crippen LogP contribution in [0.4, 0.5) is 10.5 Å². The lowest BCUT2D eigenvalue weighted by molar-refractivity contribution is -0.131. The smallest absolute Gasteiger partial charge is 0.328 e. The fraction of sp³-hybridized carbons (Fsp3) is 0.333. The van der Waals surface area contributed by atoms with Gasteiger partial charge in [0, 0.05) is 18.3 Å². The van der Waals surface area contributed by atoms with Crippen molar-refractivity contribution in [2.75, 3.05) is 11.9 Å². The normalized spacial score (nSPS) is 15.8. The molecule has 1 fully saturated rings. The molecule has 2 rings (SSSR count). The molecule has 1 aliphatic rings. The lowest BCUT2D eigenvalue weighted by Gasteiger charge is -2.11. The number of carboxylic acids is 1. The minimum Gasteiger partial charge on any atom is -0.478 e. The zero-order valence-corrected chi connectivity index (χ0v) is 11.3. The zero-order chi connectivity index (χ0) is 14.6. The molecule has 106 valence electrons. The molecule has 0 aromatic heterocycles. The van der Waals surface area contributed by atoms with E-state index in [9.17, 15) is 9.59 Å². The van der Waals surface area contributed by atoms with Crippen molar-refractivity contribution in [3.63, 3.8) is 0 Å².